The second-order valence-corrected chi connectivity index (χ2v) is 7.30. The lowest BCUT2D eigenvalue weighted by Crippen LogP contribution is -2.38. The molecule has 1 amide bonds. The largest absolute Gasteiger partial charge is 0.507 e. The van der Waals surface area contributed by atoms with Gasteiger partial charge in [-0.2, -0.15) is 0 Å². The van der Waals surface area contributed by atoms with Crippen LogP contribution in [0.4, 0.5) is 0 Å². The lowest BCUT2D eigenvalue weighted by atomic mass is 9.95. The fourth-order valence-electron chi connectivity index (χ4n) is 3.75. The number of ketones is 1. The summed E-state index contributed by atoms with van der Waals surface area (Å²) in [5.74, 6) is -1.31. The number of amides is 1. The van der Waals surface area contributed by atoms with E-state index in [1.165, 1.54) is 0 Å². The molecule has 1 atom stereocenters. The van der Waals surface area contributed by atoms with Gasteiger partial charge in [0.05, 0.1) is 11.6 Å². The van der Waals surface area contributed by atoms with Crippen LogP contribution in [0.25, 0.3) is 5.76 Å². The molecule has 0 radical (unpaired) electrons. The molecule has 0 aromatic heterocycles. The number of benzene rings is 2. The molecule has 1 aliphatic rings. The Morgan fingerprint density at radius 3 is 2.21 bits per heavy atom. The zero-order valence-electron chi connectivity index (χ0n) is 17.3. The highest BCUT2D eigenvalue weighted by Crippen LogP contribution is 2.39. The Kier molecular flexibility index (Phi) is 6.49. The summed E-state index contributed by atoms with van der Waals surface area (Å²) in [7, 11) is 0. The van der Waals surface area contributed by atoms with Crippen molar-refractivity contribution >= 4 is 17.4 Å². The lowest BCUT2D eigenvalue weighted by Gasteiger charge is -2.28. The maximum Gasteiger partial charge on any atom is 0.295 e. The molecular weight excluding hydrogens is 364 g/mol. The van der Waals surface area contributed by atoms with Crippen LogP contribution in [0.15, 0.2) is 60.2 Å². The standard InChI is InChI=1S/C24H28N2O3/c1-4-25(5-2)15-16-26-21(18-9-7-6-8-10-18)20(23(28)24(26)29)22(27)19-13-11-17(3)12-14-19/h6-14,21,27H,4-5,15-16H2,1-3H3/b22-20+. The normalized spacial score (nSPS) is 18.6. The van der Waals surface area contributed by atoms with Gasteiger partial charge in [0.2, 0.25) is 0 Å². The molecule has 1 heterocycles. The minimum atomic E-state index is -0.628. The van der Waals surface area contributed by atoms with Crippen LogP contribution in [0.5, 0.6) is 0 Å². The summed E-state index contributed by atoms with van der Waals surface area (Å²) in [4.78, 5) is 29.6. The number of nitrogens with zero attached hydrogens (tertiary/aromatic N) is 2. The third-order valence-electron chi connectivity index (χ3n) is 5.53. The molecule has 0 aliphatic carbocycles. The highest BCUT2D eigenvalue weighted by molar-refractivity contribution is 6.46. The molecule has 1 saturated heterocycles. The molecule has 0 spiro atoms. The molecule has 3 rings (SSSR count). The Balaban J connectivity index is 2.06. The molecule has 5 heteroatoms. The van der Waals surface area contributed by atoms with Crippen LogP contribution in [0.3, 0.4) is 0 Å². The molecule has 1 N–H and O–H groups in total. The van der Waals surface area contributed by atoms with Crippen molar-refractivity contribution in [3.8, 4) is 0 Å². The van der Waals surface area contributed by atoms with Gasteiger partial charge in [-0.05, 0) is 25.6 Å². The topological polar surface area (TPSA) is 60.9 Å². The summed E-state index contributed by atoms with van der Waals surface area (Å²) in [6, 6.07) is 16.2. The molecule has 2 aromatic rings. The molecule has 1 aliphatic heterocycles. The van der Waals surface area contributed by atoms with Gasteiger partial charge in [0, 0.05) is 18.7 Å². The van der Waals surface area contributed by atoms with E-state index in [4.69, 9.17) is 0 Å². The second-order valence-electron chi connectivity index (χ2n) is 7.30. The van der Waals surface area contributed by atoms with Crippen molar-refractivity contribution < 1.29 is 14.7 Å². The Bertz CT molecular complexity index is 899. The molecule has 5 nitrogen and oxygen atoms in total. The fourth-order valence-corrected chi connectivity index (χ4v) is 3.75. The van der Waals surface area contributed by atoms with E-state index in [0.29, 0.717) is 18.7 Å². The molecule has 29 heavy (non-hydrogen) atoms. The number of aryl methyl sites for hydroxylation is 1. The van der Waals surface area contributed by atoms with Crippen LogP contribution in [-0.2, 0) is 9.59 Å². The van der Waals surface area contributed by atoms with E-state index in [2.05, 4.69) is 18.7 Å². The van der Waals surface area contributed by atoms with Crippen LogP contribution in [0.1, 0.15) is 36.6 Å². The highest BCUT2D eigenvalue weighted by Gasteiger charge is 2.45. The van der Waals surface area contributed by atoms with Crippen molar-refractivity contribution in [2.24, 2.45) is 0 Å². The summed E-state index contributed by atoms with van der Waals surface area (Å²) in [5, 5.41) is 11.0. The van der Waals surface area contributed by atoms with Gasteiger partial charge in [-0.3, -0.25) is 9.59 Å². The maximum absolute atomic E-state index is 12.9. The number of carbonyl (C=O) groups excluding carboxylic acids is 2. The van der Waals surface area contributed by atoms with E-state index in [-0.39, 0.29) is 11.3 Å². The summed E-state index contributed by atoms with van der Waals surface area (Å²) in [6.07, 6.45) is 0. The summed E-state index contributed by atoms with van der Waals surface area (Å²) < 4.78 is 0. The molecule has 0 saturated carbocycles. The van der Waals surface area contributed by atoms with Crippen LogP contribution in [-0.4, -0.2) is 52.8 Å². The van der Waals surface area contributed by atoms with Gasteiger partial charge in [0.25, 0.3) is 11.7 Å². The third-order valence-corrected chi connectivity index (χ3v) is 5.53. The summed E-state index contributed by atoms with van der Waals surface area (Å²) >= 11 is 0. The first-order valence-corrected chi connectivity index (χ1v) is 10.1. The third kappa shape index (κ3) is 4.25. The molecule has 0 bridgehead atoms. The Morgan fingerprint density at radius 2 is 1.62 bits per heavy atom. The van der Waals surface area contributed by atoms with E-state index >= 15 is 0 Å². The first-order valence-electron chi connectivity index (χ1n) is 10.1. The maximum atomic E-state index is 12.9. The Morgan fingerprint density at radius 1 is 1.00 bits per heavy atom. The Hall–Kier alpha value is -2.92. The molecular formula is C24H28N2O3. The van der Waals surface area contributed by atoms with Crippen molar-refractivity contribution in [2.45, 2.75) is 26.8 Å². The zero-order chi connectivity index (χ0) is 21.0. The monoisotopic (exact) mass is 392 g/mol. The average Bonchev–Trinajstić information content (AvgIpc) is 3.00. The van der Waals surface area contributed by atoms with Crippen molar-refractivity contribution in [3.05, 3.63) is 76.9 Å². The molecule has 1 unspecified atom stereocenters. The van der Waals surface area contributed by atoms with E-state index in [0.717, 1.165) is 24.2 Å². The summed E-state index contributed by atoms with van der Waals surface area (Å²) in [5.41, 5.74) is 2.57. The first kappa shape index (κ1) is 20.8. The lowest BCUT2D eigenvalue weighted by molar-refractivity contribution is -0.140. The SMILES string of the molecule is CCN(CC)CCN1C(=O)C(=O)/C(=C(/O)c2ccc(C)cc2)C1c1ccccc1. The second kappa shape index (κ2) is 9.05. The predicted molar refractivity (Wildman–Crippen MR) is 114 cm³/mol. The van der Waals surface area contributed by atoms with Gasteiger partial charge in [-0.25, -0.2) is 0 Å². The van der Waals surface area contributed by atoms with Crippen LogP contribution >= 0.6 is 0 Å². The number of aliphatic hydroxyl groups is 1. The number of likely N-dealkylation sites (tertiary alicyclic amines) is 1. The van der Waals surface area contributed by atoms with E-state index in [1.807, 2.05) is 49.4 Å². The molecule has 1 fully saturated rings. The van der Waals surface area contributed by atoms with Gasteiger partial charge in [0.15, 0.2) is 0 Å². The van der Waals surface area contributed by atoms with Crippen LogP contribution in [0, 0.1) is 6.92 Å². The van der Waals surface area contributed by atoms with Crippen molar-refractivity contribution in [2.75, 3.05) is 26.2 Å². The van der Waals surface area contributed by atoms with Gasteiger partial charge in [-0.15, -0.1) is 0 Å². The number of likely N-dealkylation sites (N-methyl/N-ethyl adjacent to an activating group) is 1. The fraction of sp³-hybridized carbons (Fsp3) is 0.333. The van der Waals surface area contributed by atoms with E-state index in [9.17, 15) is 14.7 Å². The van der Waals surface area contributed by atoms with Crippen molar-refractivity contribution in [3.63, 3.8) is 0 Å². The zero-order valence-corrected chi connectivity index (χ0v) is 17.3. The molecule has 2 aromatic carbocycles. The number of carbonyl (C=O) groups is 2. The quantitative estimate of drug-likeness (QED) is 0.443. The van der Waals surface area contributed by atoms with Gasteiger partial charge in [0.1, 0.15) is 5.76 Å². The van der Waals surface area contributed by atoms with Crippen LogP contribution in [0.2, 0.25) is 0 Å². The number of aliphatic hydroxyl groups excluding tert-OH is 1. The van der Waals surface area contributed by atoms with Gasteiger partial charge < -0.3 is 14.9 Å². The average molecular weight is 392 g/mol. The van der Waals surface area contributed by atoms with Gasteiger partial charge >= 0.3 is 0 Å². The minimum Gasteiger partial charge on any atom is -0.507 e. The van der Waals surface area contributed by atoms with Gasteiger partial charge in [-0.1, -0.05) is 74.0 Å². The number of hydrogen-bond acceptors (Lipinski definition) is 4. The summed E-state index contributed by atoms with van der Waals surface area (Å²) in [6.45, 7) is 8.96. The van der Waals surface area contributed by atoms with Crippen molar-refractivity contribution in [1.82, 2.24) is 9.80 Å². The minimum absolute atomic E-state index is 0.123. The smallest absolute Gasteiger partial charge is 0.295 e. The Labute approximate surface area is 172 Å². The molecule has 152 valence electrons. The number of Topliss-reactive ketones (excluding diaryl/α,β-unsaturated/α-hetero) is 1. The van der Waals surface area contributed by atoms with Crippen molar-refractivity contribution in [1.29, 1.82) is 0 Å². The van der Waals surface area contributed by atoms with E-state index in [1.54, 1.807) is 17.0 Å². The van der Waals surface area contributed by atoms with Crippen LogP contribution < -0.4 is 0 Å². The number of hydrogen-bond donors (Lipinski definition) is 1. The number of rotatable bonds is 7. The van der Waals surface area contributed by atoms with E-state index < -0.39 is 17.7 Å². The first-order chi connectivity index (χ1) is 14.0. The predicted octanol–water partition coefficient (Wildman–Crippen LogP) is 3.76. The highest BCUT2D eigenvalue weighted by atomic mass is 16.3.